The molecule has 1 aromatic rings. The molecule has 0 aromatic carbocycles. The maximum Gasteiger partial charge on any atom is 0.416 e. The van der Waals surface area contributed by atoms with Gasteiger partial charge in [-0.05, 0) is 37.3 Å². The largest absolute Gasteiger partial charge is 0.416 e. The fourth-order valence-electron chi connectivity index (χ4n) is 1.68. The second-order valence-corrected chi connectivity index (χ2v) is 5.25. The molecule has 0 aliphatic heterocycles. The molecular formula is C13H16ClF3N2O. The summed E-state index contributed by atoms with van der Waals surface area (Å²) in [7, 11) is 0. The lowest BCUT2D eigenvalue weighted by Crippen LogP contribution is -2.10. The second-order valence-electron chi connectivity index (χ2n) is 4.86. The summed E-state index contributed by atoms with van der Waals surface area (Å²) in [6, 6.07) is 1.77. The summed E-state index contributed by atoms with van der Waals surface area (Å²) in [5.41, 5.74) is -0.801. The van der Waals surface area contributed by atoms with Crippen molar-refractivity contribution in [3.63, 3.8) is 0 Å². The first-order valence-corrected chi connectivity index (χ1v) is 6.89. The Morgan fingerprint density at radius 1 is 1.35 bits per heavy atom. The molecule has 1 N–H and O–H groups in total. The smallest absolute Gasteiger partial charge is 0.381 e. The second kappa shape index (κ2) is 6.63. The van der Waals surface area contributed by atoms with Crippen LogP contribution in [0.3, 0.4) is 0 Å². The molecule has 0 radical (unpaired) electrons. The standard InChI is InChI=1S/C13H16ClF3N2O/c14-11-6-10(13(15,16)17)7-12(19-11)18-4-1-5-20-8-9-2-3-9/h6-7,9H,1-5,8H2,(H,18,19). The van der Waals surface area contributed by atoms with Crippen LogP contribution in [-0.2, 0) is 10.9 Å². The third kappa shape index (κ3) is 5.17. The minimum absolute atomic E-state index is 0.131. The van der Waals surface area contributed by atoms with Gasteiger partial charge in [-0.3, -0.25) is 0 Å². The zero-order valence-corrected chi connectivity index (χ0v) is 11.6. The third-order valence-electron chi connectivity index (χ3n) is 2.94. The van der Waals surface area contributed by atoms with Crippen LogP contribution >= 0.6 is 11.6 Å². The van der Waals surface area contributed by atoms with E-state index in [0.29, 0.717) is 25.5 Å². The predicted octanol–water partition coefficient (Wildman–Crippen LogP) is 3.98. The summed E-state index contributed by atoms with van der Waals surface area (Å²) in [5, 5.41) is 2.65. The summed E-state index contributed by atoms with van der Waals surface area (Å²) in [4.78, 5) is 3.82. The molecule has 0 spiro atoms. The predicted molar refractivity (Wildman–Crippen MR) is 70.9 cm³/mol. The van der Waals surface area contributed by atoms with E-state index >= 15 is 0 Å². The van der Waals surface area contributed by atoms with Crippen molar-refractivity contribution in [2.75, 3.05) is 25.1 Å². The molecule has 3 nitrogen and oxygen atoms in total. The van der Waals surface area contributed by atoms with Gasteiger partial charge < -0.3 is 10.1 Å². The monoisotopic (exact) mass is 308 g/mol. The average molecular weight is 309 g/mol. The van der Waals surface area contributed by atoms with E-state index in [4.69, 9.17) is 16.3 Å². The quantitative estimate of drug-likeness (QED) is 0.611. The molecule has 1 saturated carbocycles. The van der Waals surface area contributed by atoms with Crippen molar-refractivity contribution in [2.24, 2.45) is 5.92 Å². The Balaban J connectivity index is 1.75. The van der Waals surface area contributed by atoms with Gasteiger partial charge in [0.25, 0.3) is 0 Å². The van der Waals surface area contributed by atoms with Gasteiger partial charge in [0.05, 0.1) is 5.56 Å². The van der Waals surface area contributed by atoms with E-state index in [2.05, 4.69) is 10.3 Å². The first-order valence-electron chi connectivity index (χ1n) is 6.51. The van der Waals surface area contributed by atoms with Crippen molar-refractivity contribution in [3.8, 4) is 0 Å². The molecule has 2 rings (SSSR count). The molecule has 1 heterocycles. The zero-order valence-electron chi connectivity index (χ0n) is 10.8. The number of ether oxygens (including phenoxy) is 1. The van der Waals surface area contributed by atoms with Crippen LogP contribution in [0.15, 0.2) is 12.1 Å². The lowest BCUT2D eigenvalue weighted by atomic mass is 10.2. The summed E-state index contributed by atoms with van der Waals surface area (Å²) >= 11 is 5.58. The van der Waals surface area contributed by atoms with Crippen LogP contribution in [0.1, 0.15) is 24.8 Å². The molecular weight excluding hydrogens is 293 g/mol. The molecule has 0 atom stereocenters. The highest BCUT2D eigenvalue weighted by Gasteiger charge is 2.31. The van der Waals surface area contributed by atoms with Gasteiger partial charge >= 0.3 is 6.18 Å². The van der Waals surface area contributed by atoms with Crippen LogP contribution in [0.4, 0.5) is 19.0 Å². The lowest BCUT2D eigenvalue weighted by molar-refractivity contribution is -0.137. The van der Waals surface area contributed by atoms with Crippen molar-refractivity contribution in [1.29, 1.82) is 0 Å². The zero-order chi connectivity index (χ0) is 14.6. The van der Waals surface area contributed by atoms with E-state index < -0.39 is 11.7 Å². The van der Waals surface area contributed by atoms with Crippen LogP contribution in [0.5, 0.6) is 0 Å². The molecule has 0 saturated heterocycles. The van der Waals surface area contributed by atoms with Gasteiger partial charge in [-0.1, -0.05) is 11.6 Å². The number of aromatic nitrogens is 1. The van der Waals surface area contributed by atoms with Crippen molar-refractivity contribution in [1.82, 2.24) is 4.98 Å². The third-order valence-corrected chi connectivity index (χ3v) is 3.14. The molecule has 112 valence electrons. The number of hydrogen-bond acceptors (Lipinski definition) is 3. The number of halogens is 4. The minimum atomic E-state index is -4.42. The maximum atomic E-state index is 12.6. The molecule has 0 bridgehead atoms. The maximum absolute atomic E-state index is 12.6. The van der Waals surface area contributed by atoms with Gasteiger partial charge in [0.15, 0.2) is 0 Å². The average Bonchev–Trinajstić information content (AvgIpc) is 3.16. The number of rotatable bonds is 7. The van der Waals surface area contributed by atoms with Gasteiger partial charge in [-0.15, -0.1) is 0 Å². The van der Waals surface area contributed by atoms with E-state index in [1.807, 2.05) is 0 Å². The number of anilines is 1. The topological polar surface area (TPSA) is 34.2 Å². The highest BCUT2D eigenvalue weighted by atomic mass is 35.5. The van der Waals surface area contributed by atoms with Gasteiger partial charge in [-0.2, -0.15) is 13.2 Å². The van der Waals surface area contributed by atoms with E-state index in [9.17, 15) is 13.2 Å². The Bertz CT molecular complexity index is 450. The Labute approximate surface area is 120 Å². The molecule has 1 aromatic heterocycles. The van der Waals surface area contributed by atoms with Gasteiger partial charge in [0, 0.05) is 19.8 Å². The van der Waals surface area contributed by atoms with Gasteiger partial charge in [0.1, 0.15) is 11.0 Å². The highest BCUT2D eigenvalue weighted by Crippen LogP contribution is 2.32. The van der Waals surface area contributed by atoms with Gasteiger partial charge in [0.2, 0.25) is 0 Å². The summed E-state index contributed by atoms with van der Waals surface area (Å²) in [6.45, 7) is 1.87. The Morgan fingerprint density at radius 2 is 2.10 bits per heavy atom. The van der Waals surface area contributed by atoms with Gasteiger partial charge in [-0.25, -0.2) is 4.98 Å². The summed E-state index contributed by atoms with van der Waals surface area (Å²) in [5.74, 6) is 0.846. The molecule has 1 aliphatic rings. The number of hydrogen-bond donors (Lipinski definition) is 1. The van der Waals surface area contributed by atoms with Crippen LogP contribution in [0.25, 0.3) is 0 Å². The number of pyridine rings is 1. The Hall–Kier alpha value is -1.01. The molecule has 1 fully saturated rings. The first-order chi connectivity index (χ1) is 9.45. The normalized spacial score (nSPS) is 15.4. The van der Waals surface area contributed by atoms with Crippen molar-refractivity contribution in [3.05, 3.63) is 22.8 Å². The molecule has 0 amide bonds. The summed E-state index contributed by atoms with van der Waals surface area (Å²) in [6.07, 6.45) is -1.23. The van der Waals surface area contributed by atoms with E-state index in [1.165, 1.54) is 12.8 Å². The van der Waals surface area contributed by atoms with E-state index in [0.717, 1.165) is 18.7 Å². The number of nitrogens with one attached hydrogen (secondary N) is 1. The lowest BCUT2D eigenvalue weighted by Gasteiger charge is -2.10. The number of nitrogens with zero attached hydrogens (tertiary/aromatic N) is 1. The van der Waals surface area contributed by atoms with Crippen molar-refractivity contribution < 1.29 is 17.9 Å². The fourth-order valence-corrected chi connectivity index (χ4v) is 1.88. The van der Waals surface area contributed by atoms with Crippen LogP contribution in [0.2, 0.25) is 5.15 Å². The minimum Gasteiger partial charge on any atom is -0.381 e. The first kappa shape index (κ1) is 15.4. The van der Waals surface area contributed by atoms with E-state index in [-0.39, 0.29) is 11.0 Å². The molecule has 0 unspecified atom stereocenters. The molecule has 7 heteroatoms. The highest BCUT2D eigenvalue weighted by molar-refractivity contribution is 6.29. The van der Waals surface area contributed by atoms with Crippen LogP contribution in [0, 0.1) is 5.92 Å². The Kier molecular flexibility index (Phi) is 5.10. The Morgan fingerprint density at radius 3 is 2.75 bits per heavy atom. The van der Waals surface area contributed by atoms with E-state index in [1.54, 1.807) is 0 Å². The van der Waals surface area contributed by atoms with Crippen molar-refractivity contribution in [2.45, 2.75) is 25.4 Å². The molecule has 20 heavy (non-hydrogen) atoms. The van der Waals surface area contributed by atoms with Crippen LogP contribution in [-0.4, -0.2) is 24.7 Å². The van der Waals surface area contributed by atoms with Crippen molar-refractivity contribution >= 4 is 17.4 Å². The fraction of sp³-hybridized carbons (Fsp3) is 0.615. The van der Waals surface area contributed by atoms with Crippen LogP contribution < -0.4 is 5.32 Å². The molecule has 1 aliphatic carbocycles. The SMILES string of the molecule is FC(F)(F)c1cc(Cl)nc(NCCCOCC2CC2)c1. The number of alkyl halides is 3. The summed E-state index contributed by atoms with van der Waals surface area (Å²) < 4.78 is 43.2.